The number of rotatable bonds is 2. The molecule has 0 saturated carbocycles. The third kappa shape index (κ3) is 3.05. The normalized spacial score (nSPS) is 18.2. The fourth-order valence-electron chi connectivity index (χ4n) is 1.94. The van der Waals surface area contributed by atoms with E-state index in [2.05, 4.69) is 15.3 Å². The summed E-state index contributed by atoms with van der Waals surface area (Å²) in [4.78, 5) is 22.0. The molecule has 0 spiro atoms. The predicted octanol–water partition coefficient (Wildman–Crippen LogP) is 3.23. The van der Waals surface area contributed by atoms with Crippen LogP contribution in [0, 0.1) is 13.8 Å². The summed E-state index contributed by atoms with van der Waals surface area (Å²) < 4.78 is 0. The monoisotopic (exact) mass is 330 g/mol. The summed E-state index contributed by atoms with van der Waals surface area (Å²) in [5, 5.41) is 3.86. The van der Waals surface area contributed by atoms with Crippen LogP contribution in [0.2, 0.25) is 0 Å². The number of thiazole rings is 1. The molecule has 0 bridgehead atoms. The lowest BCUT2D eigenvalue weighted by Gasteiger charge is -2.04. The van der Waals surface area contributed by atoms with E-state index in [-0.39, 0.29) is 5.91 Å². The number of nitrogens with two attached hydrogens (primary N) is 1. The summed E-state index contributed by atoms with van der Waals surface area (Å²) in [5.74, 6) is -0.152. The molecular formula is C15H14N4OS2. The average Bonchev–Trinajstić information content (AvgIpc) is 3.02. The van der Waals surface area contributed by atoms with Crippen LogP contribution in [-0.2, 0) is 4.79 Å². The molecule has 2 heterocycles. The van der Waals surface area contributed by atoms with Gasteiger partial charge in [-0.15, -0.1) is 0 Å². The molecule has 5 nitrogen and oxygen atoms in total. The van der Waals surface area contributed by atoms with Crippen LogP contribution in [0.15, 0.2) is 34.3 Å². The lowest BCUT2D eigenvalue weighted by atomic mass is 10.1. The molecule has 7 heteroatoms. The second kappa shape index (κ2) is 5.94. The Morgan fingerprint density at radius 2 is 2.18 bits per heavy atom. The van der Waals surface area contributed by atoms with E-state index < -0.39 is 0 Å². The van der Waals surface area contributed by atoms with Crippen molar-refractivity contribution in [2.75, 3.05) is 5.73 Å². The van der Waals surface area contributed by atoms with Gasteiger partial charge in [-0.1, -0.05) is 23.5 Å². The van der Waals surface area contributed by atoms with E-state index in [1.807, 2.05) is 32.0 Å². The number of carbonyl (C=O) groups excluding carboxylic acids is 1. The zero-order chi connectivity index (χ0) is 15.7. The summed E-state index contributed by atoms with van der Waals surface area (Å²) in [6, 6.07) is 5.94. The maximum atomic E-state index is 12.0. The number of aryl methyl sites for hydroxylation is 1. The SMILES string of the molecule is Cc1cccc(/N=C2/NC(=O)/C(=C/c3cnc(N)s3)S2)c1C. The molecule has 3 N–H and O–H groups in total. The van der Waals surface area contributed by atoms with Crippen LogP contribution in [0.5, 0.6) is 0 Å². The highest BCUT2D eigenvalue weighted by molar-refractivity contribution is 8.18. The van der Waals surface area contributed by atoms with Crippen molar-refractivity contribution in [3.63, 3.8) is 0 Å². The summed E-state index contributed by atoms with van der Waals surface area (Å²) in [7, 11) is 0. The molecular weight excluding hydrogens is 316 g/mol. The Kier molecular flexibility index (Phi) is 4.00. The molecule has 1 aromatic heterocycles. The van der Waals surface area contributed by atoms with Crippen molar-refractivity contribution in [3.05, 3.63) is 45.3 Å². The Labute approximate surface area is 136 Å². The van der Waals surface area contributed by atoms with Crippen molar-refractivity contribution in [2.24, 2.45) is 4.99 Å². The Morgan fingerprint density at radius 3 is 2.91 bits per heavy atom. The van der Waals surface area contributed by atoms with Crippen LogP contribution in [-0.4, -0.2) is 16.1 Å². The summed E-state index contributed by atoms with van der Waals surface area (Å²) in [5.41, 5.74) is 8.74. The van der Waals surface area contributed by atoms with Gasteiger partial charge >= 0.3 is 0 Å². The number of nitrogens with one attached hydrogen (secondary N) is 1. The van der Waals surface area contributed by atoms with E-state index in [0.29, 0.717) is 15.2 Å². The summed E-state index contributed by atoms with van der Waals surface area (Å²) >= 11 is 2.66. The highest BCUT2D eigenvalue weighted by atomic mass is 32.2. The Balaban J connectivity index is 1.87. The zero-order valence-electron chi connectivity index (χ0n) is 12.1. The fourth-order valence-corrected chi connectivity index (χ4v) is 3.47. The number of aliphatic imine (C=N–C) groups is 1. The third-order valence-corrected chi connectivity index (χ3v) is 4.95. The number of hydrogen-bond donors (Lipinski definition) is 2. The first-order valence-corrected chi connectivity index (χ1v) is 8.23. The van der Waals surface area contributed by atoms with Gasteiger partial charge in [0, 0.05) is 6.20 Å². The van der Waals surface area contributed by atoms with E-state index in [0.717, 1.165) is 16.1 Å². The van der Waals surface area contributed by atoms with Gasteiger partial charge in [0.25, 0.3) is 5.91 Å². The first-order chi connectivity index (χ1) is 10.5. The number of amidine groups is 1. The second-order valence-electron chi connectivity index (χ2n) is 4.80. The van der Waals surface area contributed by atoms with Crippen molar-refractivity contribution < 1.29 is 4.79 Å². The molecule has 22 heavy (non-hydrogen) atoms. The predicted molar refractivity (Wildman–Crippen MR) is 93.2 cm³/mol. The fraction of sp³-hybridized carbons (Fsp3) is 0.133. The van der Waals surface area contributed by atoms with Crippen molar-refractivity contribution in [3.8, 4) is 0 Å². The molecule has 112 valence electrons. The molecule has 0 aliphatic carbocycles. The van der Waals surface area contributed by atoms with Gasteiger partial charge in [-0.3, -0.25) is 4.79 Å². The largest absolute Gasteiger partial charge is 0.375 e. The molecule has 1 aliphatic heterocycles. The number of anilines is 1. The third-order valence-electron chi connectivity index (χ3n) is 3.26. The average molecular weight is 330 g/mol. The first-order valence-electron chi connectivity index (χ1n) is 6.60. The topological polar surface area (TPSA) is 80.4 Å². The highest BCUT2D eigenvalue weighted by Crippen LogP contribution is 2.30. The van der Waals surface area contributed by atoms with Crippen LogP contribution in [0.4, 0.5) is 10.8 Å². The maximum absolute atomic E-state index is 12.0. The van der Waals surface area contributed by atoms with E-state index in [1.54, 1.807) is 12.3 Å². The van der Waals surface area contributed by atoms with Crippen LogP contribution in [0.25, 0.3) is 6.08 Å². The minimum absolute atomic E-state index is 0.152. The second-order valence-corrected chi connectivity index (χ2v) is 6.93. The standard InChI is InChI=1S/C15H14N4OS2/c1-8-4-3-5-11(9(8)2)18-15-19-13(20)12(22-15)6-10-7-17-14(16)21-10/h3-7H,1-2H3,(H2,16,17)(H,18,19,20)/b12-6-. The van der Waals surface area contributed by atoms with E-state index >= 15 is 0 Å². The van der Waals surface area contributed by atoms with Gasteiger partial charge in [-0.05, 0) is 48.9 Å². The molecule has 1 amide bonds. The van der Waals surface area contributed by atoms with E-state index in [9.17, 15) is 4.79 Å². The Bertz CT molecular complexity index is 808. The molecule has 1 fully saturated rings. The van der Waals surface area contributed by atoms with Gasteiger partial charge in [-0.2, -0.15) is 0 Å². The lowest BCUT2D eigenvalue weighted by molar-refractivity contribution is -0.115. The number of amides is 1. The molecule has 3 rings (SSSR count). The quantitative estimate of drug-likeness (QED) is 0.828. The minimum atomic E-state index is -0.152. The lowest BCUT2D eigenvalue weighted by Crippen LogP contribution is -2.19. The number of nitrogens with zero attached hydrogens (tertiary/aromatic N) is 2. The number of carbonyl (C=O) groups is 1. The molecule has 1 aliphatic rings. The van der Waals surface area contributed by atoms with E-state index in [4.69, 9.17) is 5.73 Å². The molecule has 1 aromatic carbocycles. The smallest absolute Gasteiger partial charge is 0.264 e. The van der Waals surface area contributed by atoms with Crippen molar-refractivity contribution >= 4 is 51.1 Å². The number of aromatic nitrogens is 1. The minimum Gasteiger partial charge on any atom is -0.375 e. The first kappa shape index (κ1) is 14.8. The summed E-state index contributed by atoms with van der Waals surface area (Å²) in [6.45, 7) is 4.06. The summed E-state index contributed by atoms with van der Waals surface area (Å²) in [6.07, 6.45) is 3.43. The molecule has 0 radical (unpaired) electrons. The Hall–Kier alpha value is -2.12. The number of nitrogen functional groups attached to an aromatic ring is 1. The van der Waals surface area contributed by atoms with Crippen LogP contribution >= 0.6 is 23.1 Å². The molecule has 0 unspecified atom stereocenters. The number of thioether (sulfide) groups is 1. The van der Waals surface area contributed by atoms with Gasteiger partial charge in [0.15, 0.2) is 10.3 Å². The van der Waals surface area contributed by atoms with Gasteiger partial charge in [0.05, 0.1) is 15.5 Å². The van der Waals surface area contributed by atoms with Gasteiger partial charge in [0.2, 0.25) is 0 Å². The Morgan fingerprint density at radius 1 is 1.36 bits per heavy atom. The van der Waals surface area contributed by atoms with Crippen LogP contribution in [0.3, 0.4) is 0 Å². The van der Waals surface area contributed by atoms with Crippen molar-refractivity contribution in [2.45, 2.75) is 13.8 Å². The zero-order valence-corrected chi connectivity index (χ0v) is 13.7. The number of benzene rings is 1. The van der Waals surface area contributed by atoms with Gasteiger partial charge < -0.3 is 11.1 Å². The molecule has 2 aromatic rings. The van der Waals surface area contributed by atoms with Gasteiger partial charge in [-0.25, -0.2) is 9.98 Å². The molecule has 1 saturated heterocycles. The van der Waals surface area contributed by atoms with Gasteiger partial charge in [0.1, 0.15) is 0 Å². The van der Waals surface area contributed by atoms with Crippen LogP contribution < -0.4 is 11.1 Å². The highest BCUT2D eigenvalue weighted by Gasteiger charge is 2.24. The molecule has 0 atom stereocenters. The maximum Gasteiger partial charge on any atom is 0.264 e. The number of hydrogen-bond acceptors (Lipinski definition) is 6. The van der Waals surface area contributed by atoms with E-state index in [1.165, 1.54) is 28.7 Å². The van der Waals surface area contributed by atoms with Crippen molar-refractivity contribution in [1.29, 1.82) is 0 Å². The van der Waals surface area contributed by atoms with Crippen LogP contribution in [0.1, 0.15) is 16.0 Å². The van der Waals surface area contributed by atoms with Crippen molar-refractivity contribution in [1.82, 2.24) is 10.3 Å².